The largest absolute Gasteiger partial charge is 0.373 e. The van der Waals surface area contributed by atoms with E-state index in [-0.39, 0.29) is 0 Å². The minimum Gasteiger partial charge on any atom is -0.373 e. The molecule has 0 atom stereocenters. The van der Waals surface area contributed by atoms with Crippen LogP contribution in [0.1, 0.15) is 6.92 Å². The van der Waals surface area contributed by atoms with E-state index in [1.165, 1.54) is 6.92 Å². The number of fused-ring (bicyclic) bond motifs is 1. The number of hydrogen-bond donors (Lipinski definition) is 1. The van der Waals surface area contributed by atoms with Crippen LogP contribution in [0.25, 0.3) is 11.0 Å². The maximum absolute atomic E-state index is 8.81. The van der Waals surface area contributed by atoms with Crippen LogP contribution in [0.2, 0.25) is 0 Å². The minimum atomic E-state index is 0.750. The molecule has 4 nitrogen and oxygen atoms in total. The molecule has 0 saturated carbocycles. The summed E-state index contributed by atoms with van der Waals surface area (Å²) in [5, 5.41) is 4.03. The van der Waals surface area contributed by atoms with Crippen LogP contribution < -0.4 is 5.32 Å². The van der Waals surface area contributed by atoms with Crippen molar-refractivity contribution in [3.05, 3.63) is 30.5 Å². The smallest absolute Gasteiger partial charge is 0.161 e. The van der Waals surface area contributed by atoms with Crippen LogP contribution in [0.15, 0.2) is 30.5 Å². The van der Waals surface area contributed by atoms with E-state index in [1.54, 1.807) is 6.20 Å². The highest BCUT2D eigenvalue weighted by atomic mass is 16.1. The molecule has 2 rings (SSSR count). The molecule has 0 aromatic carbocycles. The summed E-state index contributed by atoms with van der Waals surface area (Å²) in [6, 6.07) is 7.84. The number of aldehydes is 1. The van der Waals surface area contributed by atoms with Crippen LogP contribution in [0.3, 0.4) is 0 Å². The van der Waals surface area contributed by atoms with E-state index in [1.807, 2.05) is 31.3 Å². The van der Waals surface area contributed by atoms with E-state index < -0.39 is 0 Å². The summed E-state index contributed by atoms with van der Waals surface area (Å²) in [6.45, 7) is 1.44. The highest BCUT2D eigenvalue weighted by molar-refractivity contribution is 5.75. The third-order valence-corrected chi connectivity index (χ3v) is 1.72. The van der Waals surface area contributed by atoms with Crippen molar-refractivity contribution >= 4 is 23.1 Å². The molecule has 0 unspecified atom stereocenters. The van der Waals surface area contributed by atoms with E-state index in [2.05, 4.69) is 15.3 Å². The van der Waals surface area contributed by atoms with Crippen molar-refractivity contribution in [3.63, 3.8) is 0 Å². The molecular formula is C11H13N3O. The van der Waals surface area contributed by atoms with Crippen molar-refractivity contribution in [2.24, 2.45) is 0 Å². The molecule has 0 aliphatic carbocycles. The molecule has 0 saturated heterocycles. The Hall–Kier alpha value is -1.97. The predicted octanol–water partition coefficient (Wildman–Crippen LogP) is 1.88. The lowest BCUT2D eigenvalue weighted by atomic mass is 10.3. The van der Waals surface area contributed by atoms with Crippen molar-refractivity contribution in [1.82, 2.24) is 9.97 Å². The van der Waals surface area contributed by atoms with Gasteiger partial charge in [-0.15, -0.1) is 0 Å². The first-order chi connectivity index (χ1) is 7.31. The molecule has 78 valence electrons. The minimum absolute atomic E-state index is 0.750. The maximum Gasteiger partial charge on any atom is 0.161 e. The van der Waals surface area contributed by atoms with Gasteiger partial charge in [0.25, 0.3) is 0 Å². The Balaban J connectivity index is 0.000000337. The number of carbonyl (C=O) groups excluding carboxylic acids is 1. The van der Waals surface area contributed by atoms with Crippen molar-refractivity contribution < 1.29 is 4.79 Å². The van der Waals surface area contributed by atoms with Crippen LogP contribution in [-0.2, 0) is 4.79 Å². The van der Waals surface area contributed by atoms with Crippen molar-refractivity contribution in [1.29, 1.82) is 0 Å². The lowest BCUT2D eigenvalue weighted by molar-refractivity contribution is -0.106. The van der Waals surface area contributed by atoms with E-state index in [0.29, 0.717) is 0 Å². The molecule has 1 N–H and O–H groups in total. The highest BCUT2D eigenvalue weighted by Gasteiger charge is 1.94. The van der Waals surface area contributed by atoms with Gasteiger partial charge in [-0.2, -0.15) is 0 Å². The molecule has 0 fully saturated rings. The summed E-state index contributed by atoms with van der Waals surface area (Å²) in [5.74, 6) is 0.848. The van der Waals surface area contributed by atoms with Gasteiger partial charge in [0, 0.05) is 18.6 Å². The molecule has 0 aliphatic rings. The van der Waals surface area contributed by atoms with E-state index >= 15 is 0 Å². The number of rotatable bonds is 1. The van der Waals surface area contributed by atoms with Gasteiger partial charge in [0.2, 0.25) is 0 Å². The Kier molecular flexibility index (Phi) is 4.22. The van der Waals surface area contributed by atoms with Gasteiger partial charge in [-0.05, 0) is 31.2 Å². The quantitative estimate of drug-likeness (QED) is 0.719. The molecule has 0 bridgehead atoms. The number of pyridine rings is 2. The van der Waals surface area contributed by atoms with Gasteiger partial charge in [0.15, 0.2) is 5.65 Å². The second-order valence-corrected chi connectivity index (χ2v) is 2.73. The summed E-state index contributed by atoms with van der Waals surface area (Å²) in [7, 11) is 1.84. The lowest BCUT2D eigenvalue weighted by Crippen LogP contribution is -1.92. The summed E-state index contributed by atoms with van der Waals surface area (Å²) >= 11 is 0. The number of nitrogens with one attached hydrogen (secondary N) is 1. The van der Waals surface area contributed by atoms with Crippen LogP contribution in [0.5, 0.6) is 0 Å². The summed E-state index contributed by atoms with van der Waals surface area (Å²) in [5.41, 5.74) is 0.782. The molecule has 15 heavy (non-hydrogen) atoms. The van der Waals surface area contributed by atoms with Gasteiger partial charge in [-0.3, -0.25) is 0 Å². The van der Waals surface area contributed by atoms with E-state index in [9.17, 15) is 0 Å². The van der Waals surface area contributed by atoms with Crippen molar-refractivity contribution in [3.8, 4) is 0 Å². The standard InChI is InChI=1S/C9H9N3.C2H4O/c1-10-8-5-4-7-3-2-6-11-9(7)12-8;1-2-3/h2-6H,1H3,(H,10,11,12);2H,1H3. The predicted molar refractivity (Wildman–Crippen MR) is 60.8 cm³/mol. The van der Waals surface area contributed by atoms with E-state index in [4.69, 9.17) is 4.79 Å². The first kappa shape index (κ1) is 11.1. The first-order valence-electron chi connectivity index (χ1n) is 4.61. The summed E-state index contributed by atoms with van der Waals surface area (Å²) in [4.78, 5) is 17.2. The maximum atomic E-state index is 8.81. The molecule has 2 aromatic rings. The number of nitrogens with zero attached hydrogens (tertiary/aromatic N) is 2. The highest BCUT2D eigenvalue weighted by Crippen LogP contribution is 2.11. The zero-order valence-electron chi connectivity index (χ0n) is 8.77. The van der Waals surface area contributed by atoms with Crippen molar-refractivity contribution in [2.45, 2.75) is 6.92 Å². The second kappa shape index (κ2) is 5.70. The Labute approximate surface area is 88.4 Å². The molecule has 0 spiro atoms. The fourth-order valence-electron chi connectivity index (χ4n) is 1.09. The molecule has 4 heteroatoms. The Bertz CT molecular complexity index is 443. The van der Waals surface area contributed by atoms with Gasteiger partial charge in [0.05, 0.1) is 0 Å². The van der Waals surface area contributed by atoms with Gasteiger partial charge >= 0.3 is 0 Å². The SMILES string of the molecule is CC=O.CNc1ccc2cccnc2n1. The average Bonchev–Trinajstić information content (AvgIpc) is 2.29. The number of carbonyl (C=O) groups is 1. The van der Waals surface area contributed by atoms with Gasteiger partial charge < -0.3 is 10.1 Å². The second-order valence-electron chi connectivity index (χ2n) is 2.73. The summed E-state index contributed by atoms with van der Waals surface area (Å²) in [6.07, 6.45) is 2.49. The lowest BCUT2D eigenvalue weighted by Gasteiger charge is -1.99. The normalized spacial score (nSPS) is 8.93. The van der Waals surface area contributed by atoms with E-state index in [0.717, 1.165) is 23.1 Å². The number of aromatic nitrogens is 2. The fraction of sp³-hybridized carbons (Fsp3) is 0.182. The Morgan fingerprint density at radius 1 is 1.33 bits per heavy atom. The monoisotopic (exact) mass is 203 g/mol. The van der Waals surface area contributed by atoms with Crippen LogP contribution in [0, 0.1) is 0 Å². The summed E-state index contributed by atoms with van der Waals surface area (Å²) < 4.78 is 0. The van der Waals surface area contributed by atoms with Crippen LogP contribution in [-0.4, -0.2) is 23.3 Å². The molecule has 0 amide bonds. The number of anilines is 1. The molecule has 0 radical (unpaired) electrons. The van der Waals surface area contributed by atoms with Crippen LogP contribution >= 0.6 is 0 Å². The molecule has 2 heterocycles. The van der Waals surface area contributed by atoms with Gasteiger partial charge in [-0.1, -0.05) is 0 Å². The third kappa shape index (κ3) is 3.02. The molecule has 2 aromatic heterocycles. The van der Waals surface area contributed by atoms with Gasteiger partial charge in [-0.25, -0.2) is 9.97 Å². The molecule has 0 aliphatic heterocycles. The number of hydrogen-bond acceptors (Lipinski definition) is 4. The third-order valence-electron chi connectivity index (χ3n) is 1.72. The Morgan fingerprint density at radius 2 is 2.07 bits per heavy atom. The van der Waals surface area contributed by atoms with Crippen molar-refractivity contribution in [2.75, 3.05) is 12.4 Å². The van der Waals surface area contributed by atoms with Gasteiger partial charge in [0.1, 0.15) is 12.1 Å². The van der Waals surface area contributed by atoms with Crippen LogP contribution in [0.4, 0.5) is 5.82 Å². The average molecular weight is 203 g/mol. The first-order valence-corrected chi connectivity index (χ1v) is 4.61. The zero-order valence-corrected chi connectivity index (χ0v) is 8.77. The topological polar surface area (TPSA) is 54.9 Å². The molecular weight excluding hydrogens is 190 g/mol. The zero-order chi connectivity index (χ0) is 11.1. The fourth-order valence-corrected chi connectivity index (χ4v) is 1.09. The Morgan fingerprint density at radius 3 is 2.73 bits per heavy atom.